The van der Waals surface area contributed by atoms with Crippen molar-refractivity contribution >= 4 is 12.1 Å². The molecule has 0 bridgehead atoms. The second-order valence-corrected chi connectivity index (χ2v) is 7.15. The van der Waals surface area contributed by atoms with Gasteiger partial charge in [-0.2, -0.15) is 0 Å². The van der Waals surface area contributed by atoms with Gasteiger partial charge in [-0.1, -0.05) is 44.9 Å². The van der Waals surface area contributed by atoms with Crippen LogP contribution in [0, 0.1) is 5.92 Å². The lowest BCUT2D eigenvalue weighted by atomic mass is 9.85. The monoisotopic (exact) mass is 328 g/mol. The van der Waals surface area contributed by atoms with Crippen LogP contribution in [0.1, 0.15) is 65.2 Å². The predicted octanol–water partition coefficient (Wildman–Crippen LogP) is 2.91. The van der Waals surface area contributed by atoms with Crippen molar-refractivity contribution in [3.05, 3.63) is 0 Å². The molecule has 1 rings (SSSR count). The Morgan fingerprint density at radius 3 is 2.48 bits per heavy atom. The Morgan fingerprint density at radius 2 is 1.91 bits per heavy atom. The van der Waals surface area contributed by atoms with E-state index in [9.17, 15) is 14.7 Å². The highest BCUT2D eigenvalue weighted by Gasteiger charge is 2.26. The van der Waals surface area contributed by atoms with Gasteiger partial charge in [0.15, 0.2) is 0 Å². The summed E-state index contributed by atoms with van der Waals surface area (Å²) in [6.45, 7) is 4.06. The van der Waals surface area contributed by atoms with Crippen LogP contribution in [0.5, 0.6) is 0 Å². The maximum atomic E-state index is 11.9. The van der Waals surface area contributed by atoms with Gasteiger partial charge in [0.2, 0.25) is 0 Å². The number of carbonyl (C=O) groups is 2. The lowest BCUT2D eigenvalue weighted by Crippen LogP contribution is -2.46. The highest BCUT2D eigenvalue weighted by molar-refractivity contribution is 5.79. The second-order valence-electron chi connectivity index (χ2n) is 7.15. The minimum absolute atomic E-state index is 0.452. The fourth-order valence-electron chi connectivity index (χ4n) is 3.23. The molecule has 1 atom stereocenters. The quantitative estimate of drug-likeness (QED) is 0.606. The van der Waals surface area contributed by atoms with Crippen LogP contribution in [0.25, 0.3) is 0 Å². The summed E-state index contributed by atoms with van der Waals surface area (Å²) in [5.41, 5.74) is -0.677. The Morgan fingerprint density at radius 1 is 1.26 bits per heavy atom. The highest BCUT2D eigenvalue weighted by atomic mass is 16.6. The number of alkyl carbamates (subject to hydrolysis) is 1. The minimum atomic E-state index is -1.00. The van der Waals surface area contributed by atoms with Crippen LogP contribution in [-0.2, 0) is 9.53 Å². The molecule has 1 unspecified atom stereocenters. The largest absolute Gasteiger partial charge is 0.480 e. The fraction of sp³-hybridized carbons (Fsp3) is 0.882. The number of carboxylic acid groups (broad SMARTS) is 1. The third kappa shape index (κ3) is 8.21. The van der Waals surface area contributed by atoms with Gasteiger partial charge in [-0.25, -0.2) is 9.59 Å². The normalized spacial score (nSPS) is 17.5. The highest BCUT2D eigenvalue weighted by Crippen LogP contribution is 2.27. The molecule has 6 heteroatoms. The molecular weight excluding hydrogens is 296 g/mol. The van der Waals surface area contributed by atoms with Crippen molar-refractivity contribution < 1.29 is 19.4 Å². The molecule has 1 aliphatic rings. The van der Waals surface area contributed by atoms with E-state index in [2.05, 4.69) is 10.6 Å². The number of carboxylic acids is 1. The molecule has 0 spiro atoms. The van der Waals surface area contributed by atoms with Gasteiger partial charge in [0, 0.05) is 6.54 Å². The van der Waals surface area contributed by atoms with Crippen LogP contribution in [0.3, 0.4) is 0 Å². The number of aliphatic carboxylic acids is 1. The van der Waals surface area contributed by atoms with E-state index in [-0.39, 0.29) is 0 Å². The topological polar surface area (TPSA) is 87.7 Å². The fourth-order valence-corrected chi connectivity index (χ4v) is 3.23. The van der Waals surface area contributed by atoms with Gasteiger partial charge < -0.3 is 20.5 Å². The third-order valence-corrected chi connectivity index (χ3v) is 4.39. The molecule has 0 aromatic carbocycles. The molecule has 1 aliphatic carbocycles. The van der Waals surface area contributed by atoms with Crippen molar-refractivity contribution in [3.63, 3.8) is 0 Å². The van der Waals surface area contributed by atoms with Gasteiger partial charge in [-0.05, 0) is 33.2 Å². The lowest BCUT2D eigenvalue weighted by molar-refractivity contribution is -0.139. The van der Waals surface area contributed by atoms with Crippen molar-refractivity contribution in [1.29, 1.82) is 0 Å². The number of hydrogen-bond donors (Lipinski definition) is 3. The molecule has 0 aromatic heterocycles. The van der Waals surface area contributed by atoms with Crippen LogP contribution >= 0.6 is 0 Å². The standard InChI is InChI=1S/C17H32N2O4/c1-17(2,12-18-3)23-16(22)19-14(15(20)21)11-7-10-13-8-5-4-6-9-13/h13-14,18H,4-12H2,1-3H3,(H,19,22)(H,20,21). The molecule has 0 saturated heterocycles. The molecule has 0 aromatic rings. The Balaban J connectivity index is 2.36. The van der Waals surface area contributed by atoms with Crippen LogP contribution in [0.4, 0.5) is 4.79 Å². The Hall–Kier alpha value is -1.30. The van der Waals surface area contributed by atoms with E-state index in [1.54, 1.807) is 20.9 Å². The number of nitrogens with one attached hydrogen (secondary N) is 2. The summed E-state index contributed by atoms with van der Waals surface area (Å²) in [6, 6.07) is -0.878. The third-order valence-electron chi connectivity index (χ3n) is 4.39. The van der Waals surface area contributed by atoms with Crippen LogP contribution in [0.2, 0.25) is 0 Å². The number of likely N-dealkylation sites (N-methyl/N-ethyl adjacent to an activating group) is 1. The van der Waals surface area contributed by atoms with Gasteiger partial charge in [-0.15, -0.1) is 0 Å². The zero-order valence-corrected chi connectivity index (χ0v) is 14.7. The van der Waals surface area contributed by atoms with Gasteiger partial charge >= 0.3 is 12.1 Å². The van der Waals surface area contributed by atoms with Crippen LogP contribution in [0.15, 0.2) is 0 Å². The average molecular weight is 328 g/mol. The van der Waals surface area contributed by atoms with Crippen LogP contribution < -0.4 is 10.6 Å². The Bertz CT molecular complexity index is 379. The summed E-state index contributed by atoms with van der Waals surface area (Å²) in [5, 5.41) is 14.7. The minimum Gasteiger partial charge on any atom is -0.480 e. The SMILES string of the molecule is CNCC(C)(C)OC(=O)NC(CCCC1CCCCC1)C(=O)O. The molecule has 1 fully saturated rings. The summed E-state index contributed by atoms with van der Waals surface area (Å²) in [7, 11) is 1.77. The van der Waals surface area contributed by atoms with Crippen molar-refractivity contribution in [1.82, 2.24) is 10.6 Å². The van der Waals surface area contributed by atoms with Crippen molar-refractivity contribution in [2.75, 3.05) is 13.6 Å². The van der Waals surface area contributed by atoms with E-state index in [0.29, 0.717) is 13.0 Å². The van der Waals surface area contributed by atoms with Gasteiger partial charge in [0.25, 0.3) is 0 Å². The summed E-state index contributed by atoms with van der Waals surface area (Å²) < 4.78 is 5.28. The zero-order valence-electron chi connectivity index (χ0n) is 14.7. The second kappa shape index (κ2) is 9.75. The Kier molecular flexibility index (Phi) is 8.37. The molecule has 134 valence electrons. The molecule has 0 aliphatic heterocycles. The number of amides is 1. The first-order valence-corrected chi connectivity index (χ1v) is 8.71. The Labute approximate surface area is 139 Å². The molecule has 1 amide bonds. The van der Waals surface area contributed by atoms with E-state index in [1.807, 2.05) is 0 Å². The molecule has 23 heavy (non-hydrogen) atoms. The summed E-state index contributed by atoms with van der Waals surface area (Å²) in [5.74, 6) is -0.281. The average Bonchev–Trinajstić information content (AvgIpc) is 2.46. The summed E-state index contributed by atoms with van der Waals surface area (Å²) >= 11 is 0. The van der Waals surface area contributed by atoms with E-state index >= 15 is 0 Å². The van der Waals surface area contributed by atoms with Gasteiger partial charge in [0.1, 0.15) is 11.6 Å². The predicted molar refractivity (Wildman–Crippen MR) is 89.5 cm³/mol. The first-order chi connectivity index (χ1) is 10.8. The maximum absolute atomic E-state index is 11.9. The van der Waals surface area contributed by atoms with E-state index in [4.69, 9.17) is 4.74 Å². The molecule has 6 nitrogen and oxygen atoms in total. The van der Waals surface area contributed by atoms with Crippen LogP contribution in [-0.4, -0.2) is 42.4 Å². The number of rotatable bonds is 9. The maximum Gasteiger partial charge on any atom is 0.408 e. The van der Waals surface area contributed by atoms with Crippen molar-refractivity contribution in [2.45, 2.75) is 76.9 Å². The van der Waals surface area contributed by atoms with Crippen molar-refractivity contribution in [2.24, 2.45) is 5.92 Å². The number of carbonyl (C=O) groups excluding carboxylic acids is 1. The zero-order chi connectivity index (χ0) is 17.3. The number of hydrogen-bond acceptors (Lipinski definition) is 4. The smallest absolute Gasteiger partial charge is 0.408 e. The lowest BCUT2D eigenvalue weighted by Gasteiger charge is -2.26. The molecule has 0 radical (unpaired) electrons. The van der Waals surface area contributed by atoms with Gasteiger partial charge in [-0.3, -0.25) is 0 Å². The number of ether oxygens (including phenoxy) is 1. The summed E-state index contributed by atoms with van der Waals surface area (Å²) in [4.78, 5) is 23.2. The van der Waals surface area contributed by atoms with E-state index in [0.717, 1.165) is 18.8 Å². The first-order valence-electron chi connectivity index (χ1n) is 8.71. The van der Waals surface area contributed by atoms with Crippen molar-refractivity contribution in [3.8, 4) is 0 Å². The molecule has 0 heterocycles. The molecule has 3 N–H and O–H groups in total. The first kappa shape index (κ1) is 19.7. The van der Waals surface area contributed by atoms with E-state index < -0.39 is 23.7 Å². The van der Waals surface area contributed by atoms with Gasteiger partial charge in [0.05, 0.1) is 0 Å². The van der Waals surface area contributed by atoms with E-state index in [1.165, 1.54) is 32.1 Å². The molecular formula is C17H32N2O4. The summed E-state index contributed by atoms with van der Waals surface area (Å²) in [6.07, 6.45) is 8.06. The molecule has 1 saturated carbocycles.